The van der Waals surface area contributed by atoms with Crippen molar-refractivity contribution in [3.8, 4) is 11.3 Å². The molecule has 1 aromatic heterocycles. The van der Waals surface area contributed by atoms with Crippen LogP contribution in [-0.4, -0.2) is 10.8 Å². The molecule has 3 rings (SSSR count). The largest absolute Gasteiger partial charge is 0.451 e. The van der Waals surface area contributed by atoms with Crippen LogP contribution in [0.4, 0.5) is 11.4 Å². The lowest BCUT2D eigenvalue weighted by molar-refractivity contribution is -0.384. The van der Waals surface area contributed by atoms with Crippen LogP contribution in [0.15, 0.2) is 57.4 Å². The second-order valence-corrected chi connectivity index (χ2v) is 6.82. The van der Waals surface area contributed by atoms with Crippen molar-refractivity contribution in [2.75, 3.05) is 5.32 Å². The molecule has 0 radical (unpaired) electrons. The van der Waals surface area contributed by atoms with Gasteiger partial charge in [0, 0.05) is 21.8 Å². The standard InChI is InChI=1S/C18H12BrClN2O4/c1-10-8-12(19)3-5-14(10)21-18(23)17-7-6-16(26-17)11-2-4-13(20)15(9-11)22(24)25/h2-9H,1H3,(H,21,23). The van der Waals surface area contributed by atoms with Crippen molar-refractivity contribution in [3.63, 3.8) is 0 Å². The molecule has 132 valence electrons. The molecule has 8 heteroatoms. The van der Waals surface area contributed by atoms with Gasteiger partial charge in [-0.05, 0) is 55.0 Å². The van der Waals surface area contributed by atoms with Crippen molar-refractivity contribution in [2.45, 2.75) is 6.92 Å². The van der Waals surface area contributed by atoms with Gasteiger partial charge in [0.05, 0.1) is 4.92 Å². The first kappa shape index (κ1) is 18.2. The Hall–Kier alpha value is -2.64. The summed E-state index contributed by atoms with van der Waals surface area (Å²) in [6.45, 7) is 1.88. The molecule has 0 atom stereocenters. The Morgan fingerprint density at radius 1 is 1.19 bits per heavy atom. The summed E-state index contributed by atoms with van der Waals surface area (Å²) in [4.78, 5) is 22.8. The highest BCUT2D eigenvalue weighted by molar-refractivity contribution is 9.10. The van der Waals surface area contributed by atoms with Crippen LogP contribution in [0.25, 0.3) is 11.3 Å². The quantitative estimate of drug-likeness (QED) is 0.412. The van der Waals surface area contributed by atoms with E-state index in [-0.39, 0.29) is 16.5 Å². The van der Waals surface area contributed by atoms with Crippen LogP contribution >= 0.6 is 27.5 Å². The number of nitro groups is 1. The molecular formula is C18H12BrClN2O4. The first-order valence-electron chi connectivity index (χ1n) is 7.47. The zero-order valence-electron chi connectivity index (χ0n) is 13.5. The maximum atomic E-state index is 12.4. The van der Waals surface area contributed by atoms with Gasteiger partial charge >= 0.3 is 0 Å². The van der Waals surface area contributed by atoms with E-state index in [0.29, 0.717) is 17.0 Å². The fourth-order valence-electron chi connectivity index (χ4n) is 2.37. The monoisotopic (exact) mass is 434 g/mol. The van der Waals surface area contributed by atoms with Crippen molar-refractivity contribution < 1.29 is 14.1 Å². The van der Waals surface area contributed by atoms with Crippen molar-refractivity contribution in [2.24, 2.45) is 0 Å². The summed E-state index contributed by atoms with van der Waals surface area (Å²) >= 11 is 9.18. The zero-order valence-corrected chi connectivity index (χ0v) is 15.8. The summed E-state index contributed by atoms with van der Waals surface area (Å²) < 4.78 is 6.47. The summed E-state index contributed by atoms with van der Waals surface area (Å²) in [5.74, 6) is 0.0208. The summed E-state index contributed by atoms with van der Waals surface area (Å²) in [5.41, 5.74) is 1.79. The van der Waals surface area contributed by atoms with Crippen molar-refractivity contribution >= 4 is 44.8 Å². The predicted octanol–water partition coefficient (Wildman–Crippen LogP) is 5.83. The SMILES string of the molecule is Cc1cc(Br)ccc1NC(=O)c1ccc(-c2ccc(Cl)c([N+](=O)[O-])c2)o1. The number of hydrogen-bond acceptors (Lipinski definition) is 4. The second kappa shape index (κ2) is 7.31. The molecule has 0 unspecified atom stereocenters. The van der Waals surface area contributed by atoms with Gasteiger partial charge in [-0.25, -0.2) is 0 Å². The Labute approximate surface area is 162 Å². The van der Waals surface area contributed by atoms with Gasteiger partial charge in [0.25, 0.3) is 11.6 Å². The minimum absolute atomic E-state index is 0.0361. The number of furan rings is 1. The van der Waals surface area contributed by atoms with Crippen LogP contribution in [0.2, 0.25) is 5.02 Å². The highest BCUT2D eigenvalue weighted by Gasteiger charge is 2.17. The van der Waals surface area contributed by atoms with Crippen LogP contribution in [0, 0.1) is 17.0 Å². The number of rotatable bonds is 4. The van der Waals surface area contributed by atoms with Gasteiger partial charge < -0.3 is 9.73 Å². The molecule has 0 spiro atoms. The van der Waals surface area contributed by atoms with E-state index < -0.39 is 10.8 Å². The van der Waals surface area contributed by atoms with Gasteiger partial charge in [-0.3, -0.25) is 14.9 Å². The number of nitro benzene ring substituents is 1. The number of nitrogens with zero attached hydrogens (tertiary/aromatic N) is 1. The Balaban J connectivity index is 1.84. The fraction of sp³-hybridized carbons (Fsp3) is 0.0556. The smallest absolute Gasteiger partial charge is 0.291 e. The van der Waals surface area contributed by atoms with Gasteiger partial charge in [-0.15, -0.1) is 0 Å². The number of nitrogens with one attached hydrogen (secondary N) is 1. The number of aryl methyl sites for hydroxylation is 1. The van der Waals surface area contributed by atoms with E-state index in [1.807, 2.05) is 19.1 Å². The molecule has 0 bridgehead atoms. The Morgan fingerprint density at radius 3 is 2.65 bits per heavy atom. The maximum Gasteiger partial charge on any atom is 0.291 e. The van der Waals surface area contributed by atoms with Crippen LogP contribution in [-0.2, 0) is 0 Å². The lowest BCUT2D eigenvalue weighted by Gasteiger charge is -2.07. The molecule has 1 N–H and O–H groups in total. The van der Waals surface area contributed by atoms with E-state index in [4.69, 9.17) is 16.0 Å². The van der Waals surface area contributed by atoms with Crippen LogP contribution in [0.3, 0.4) is 0 Å². The molecule has 0 aliphatic carbocycles. The summed E-state index contributed by atoms with van der Waals surface area (Å²) in [6.07, 6.45) is 0. The average Bonchev–Trinajstić information content (AvgIpc) is 3.07. The Bertz CT molecular complexity index is 1020. The third kappa shape index (κ3) is 3.79. The van der Waals surface area contributed by atoms with Crippen LogP contribution in [0.5, 0.6) is 0 Å². The van der Waals surface area contributed by atoms with Crippen molar-refractivity contribution in [1.29, 1.82) is 0 Å². The Kier molecular flexibility index (Phi) is 5.11. The number of benzene rings is 2. The summed E-state index contributed by atoms with van der Waals surface area (Å²) in [5, 5.41) is 13.8. The molecule has 0 saturated heterocycles. The molecule has 0 aliphatic heterocycles. The molecule has 0 saturated carbocycles. The minimum atomic E-state index is -0.571. The van der Waals surface area contributed by atoms with E-state index in [9.17, 15) is 14.9 Å². The van der Waals surface area contributed by atoms with Gasteiger partial charge in [0.1, 0.15) is 10.8 Å². The summed E-state index contributed by atoms with van der Waals surface area (Å²) in [7, 11) is 0. The molecule has 1 heterocycles. The fourth-order valence-corrected chi connectivity index (χ4v) is 3.03. The summed E-state index contributed by atoms with van der Waals surface area (Å²) in [6, 6.07) is 12.9. The van der Waals surface area contributed by atoms with Gasteiger partial charge in [0.2, 0.25) is 0 Å². The third-order valence-corrected chi connectivity index (χ3v) is 4.51. The van der Waals surface area contributed by atoms with Gasteiger partial charge in [-0.2, -0.15) is 0 Å². The lowest BCUT2D eigenvalue weighted by Crippen LogP contribution is -2.11. The van der Waals surface area contributed by atoms with Gasteiger partial charge in [0.15, 0.2) is 5.76 Å². The van der Waals surface area contributed by atoms with Crippen LogP contribution < -0.4 is 5.32 Å². The minimum Gasteiger partial charge on any atom is -0.451 e. The van der Waals surface area contributed by atoms with E-state index in [2.05, 4.69) is 21.2 Å². The van der Waals surface area contributed by atoms with E-state index in [1.165, 1.54) is 18.2 Å². The highest BCUT2D eigenvalue weighted by Crippen LogP contribution is 2.31. The maximum absolute atomic E-state index is 12.4. The topological polar surface area (TPSA) is 85.4 Å². The predicted molar refractivity (Wildman–Crippen MR) is 103 cm³/mol. The molecule has 1 amide bonds. The van der Waals surface area contributed by atoms with Crippen LogP contribution in [0.1, 0.15) is 16.1 Å². The second-order valence-electron chi connectivity index (χ2n) is 5.50. The first-order valence-corrected chi connectivity index (χ1v) is 8.64. The number of carbonyl (C=O) groups excluding carboxylic acids is 1. The zero-order chi connectivity index (χ0) is 18.8. The highest BCUT2D eigenvalue weighted by atomic mass is 79.9. The lowest BCUT2D eigenvalue weighted by atomic mass is 10.1. The van der Waals surface area contributed by atoms with Gasteiger partial charge in [-0.1, -0.05) is 27.5 Å². The Morgan fingerprint density at radius 2 is 1.96 bits per heavy atom. The van der Waals surface area contributed by atoms with E-state index in [0.717, 1.165) is 10.0 Å². The normalized spacial score (nSPS) is 10.6. The number of halogens is 2. The molecule has 0 fully saturated rings. The van der Waals surface area contributed by atoms with E-state index in [1.54, 1.807) is 18.2 Å². The molecule has 6 nitrogen and oxygen atoms in total. The number of amides is 1. The molecule has 3 aromatic rings. The van der Waals surface area contributed by atoms with E-state index >= 15 is 0 Å². The number of carbonyl (C=O) groups is 1. The first-order chi connectivity index (χ1) is 12.3. The molecule has 26 heavy (non-hydrogen) atoms. The number of hydrogen-bond donors (Lipinski definition) is 1. The molecular weight excluding hydrogens is 424 g/mol. The molecule has 0 aliphatic rings. The average molecular weight is 436 g/mol. The third-order valence-electron chi connectivity index (χ3n) is 3.69. The number of anilines is 1. The van der Waals surface area contributed by atoms with Crippen molar-refractivity contribution in [3.05, 3.63) is 79.5 Å². The molecule has 2 aromatic carbocycles. The van der Waals surface area contributed by atoms with Crippen molar-refractivity contribution in [1.82, 2.24) is 0 Å².